The van der Waals surface area contributed by atoms with E-state index in [1.807, 2.05) is 7.05 Å². The van der Waals surface area contributed by atoms with E-state index in [0.717, 1.165) is 18.3 Å². The van der Waals surface area contributed by atoms with Crippen molar-refractivity contribution >= 4 is 29.9 Å². The summed E-state index contributed by atoms with van der Waals surface area (Å²) in [4.78, 5) is 4.27. The SMILES string of the molecule is CN=C(NCCOc1c(C)cccc1C)NC1CCCC1.I. The van der Waals surface area contributed by atoms with Crippen LogP contribution in [-0.4, -0.2) is 32.2 Å². The molecule has 0 unspecified atom stereocenters. The van der Waals surface area contributed by atoms with Crippen LogP contribution in [-0.2, 0) is 0 Å². The van der Waals surface area contributed by atoms with Crippen molar-refractivity contribution in [2.45, 2.75) is 45.6 Å². The summed E-state index contributed by atoms with van der Waals surface area (Å²) in [7, 11) is 1.82. The Morgan fingerprint density at radius 2 is 1.86 bits per heavy atom. The van der Waals surface area contributed by atoms with Gasteiger partial charge in [0, 0.05) is 13.1 Å². The van der Waals surface area contributed by atoms with E-state index >= 15 is 0 Å². The third-order valence-electron chi connectivity index (χ3n) is 3.97. The number of hydrogen-bond donors (Lipinski definition) is 2. The standard InChI is InChI=1S/C17H27N3O.HI/c1-13-7-6-8-14(2)16(13)21-12-11-19-17(18-3)20-15-9-4-5-10-15;/h6-8,15H,4-5,9-12H2,1-3H3,(H2,18,19,20);1H. The number of ether oxygens (including phenoxy) is 1. The molecule has 0 bridgehead atoms. The Labute approximate surface area is 151 Å². The topological polar surface area (TPSA) is 45.7 Å². The molecule has 22 heavy (non-hydrogen) atoms. The van der Waals surface area contributed by atoms with Gasteiger partial charge >= 0.3 is 0 Å². The van der Waals surface area contributed by atoms with Crippen LogP contribution in [0.25, 0.3) is 0 Å². The van der Waals surface area contributed by atoms with Crippen LogP contribution in [0.1, 0.15) is 36.8 Å². The average molecular weight is 417 g/mol. The minimum atomic E-state index is 0. The van der Waals surface area contributed by atoms with Gasteiger partial charge in [-0.2, -0.15) is 0 Å². The molecule has 1 aromatic carbocycles. The van der Waals surface area contributed by atoms with Crippen LogP contribution >= 0.6 is 24.0 Å². The van der Waals surface area contributed by atoms with Crippen molar-refractivity contribution in [3.05, 3.63) is 29.3 Å². The van der Waals surface area contributed by atoms with Crippen molar-refractivity contribution < 1.29 is 4.74 Å². The van der Waals surface area contributed by atoms with Gasteiger partial charge in [-0.1, -0.05) is 31.0 Å². The number of benzene rings is 1. The molecular weight excluding hydrogens is 389 g/mol. The first-order valence-electron chi connectivity index (χ1n) is 7.87. The number of nitrogens with one attached hydrogen (secondary N) is 2. The molecule has 0 atom stereocenters. The van der Waals surface area contributed by atoms with Crippen molar-refractivity contribution in [1.29, 1.82) is 0 Å². The highest BCUT2D eigenvalue weighted by Gasteiger charge is 2.15. The molecule has 0 amide bonds. The van der Waals surface area contributed by atoms with Crippen molar-refractivity contribution in [1.82, 2.24) is 10.6 Å². The molecule has 1 saturated carbocycles. The van der Waals surface area contributed by atoms with Crippen LogP contribution < -0.4 is 15.4 Å². The Balaban J connectivity index is 0.00000242. The summed E-state index contributed by atoms with van der Waals surface area (Å²) in [6, 6.07) is 6.80. The van der Waals surface area contributed by atoms with Crippen LogP contribution in [0, 0.1) is 13.8 Å². The van der Waals surface area contributed by atoms with Gasteiger partial charge in [-0.25, -0.2) is 0 Å². The summed E-state index contributed by atoms with van der Waals surface area (Å²) in [5, 5.41) is 6.79. The zero-order chi connectivity index (χ0) is 15.1. The van der Waals surface area contributed by atoms with Gasteiger partial charge < -0.3 is 15.4 Å². The number of para-hydroxylation sites is 1. The number of rotatable bonds is 5. The molecule has 4 nitrogen and oxygen atoms in total. The van der Waals surface area contributed by atoms with Crippen molar-refractivity contribution in [2.75, 3.05) is 20.2 Å². The first-order chi connectivity index (χ1) is 10.2. The number of hydrogen-bond acceptors (Lipinski definition) is 2. The average Bonchev–Trinajstić information content (AvgIpc) is 2.97. The lowest BCUT2D eigenvalue weighted by atomic mass is 10.1. The van der Waals surface area contributed by atoms with E-state index in [-0.39, 0.29) is 24.0 Å². The van der Waals surface area contributed by atoms with E-state index in [2.05, 4.69) is 47.7 Å². The molecule has 0 aromatic heterocycles. The second-order valence-electron chi connectivity index (χ2n) is 5.69. The van der Waals surface area contributed by atoms with Gasteiger partial charge in [0.1, 0.15) is 12.4 Å². The second-order valence-corrected chi connectivity index (χ2v) is 5.69. The molecule has 2 rings (SSSR count). The number of halogens is 1. The minimum absolute atomic E-state index is 0. The molecule has 1 aliphatic carbocycles. The van der Waals surface area contributed by atoms with E-state index < -0.39 is 0 Å². The highest BCUT2D eigenvalue weighted by atomic mass is 127. The highest BCUT2D eigenvalue weighted by Crippen LogP contribution is 2.22. The molecule has 0 radical (unpaired) electrons. The predicted octanol–water partition coefficient (Wildman–Crippen LogP) is 3.41. The number of aliphatic imine (C=N–C) groups is 1. The molecule has 5 heteroatoms. The Kier molecular flexibility index (Phi) is 8.60. The molecule has 0 saturated heterocycles. The Morgan fingerprint density at radius 1 is 1.23 bits per heavy atom. The van der Waals surface area contributed by atoms with Crippen LogP contribution in [0.2, 0.25) is 0 Å². The molecule has 1 aliphatic rings. The van der Waals surface area contributed by atoms with E-state index in [9.17, 15) is 0 Å². The zero-order valence-corrected chi connectivity index (χ0v) is 16.1. The van der Waals surface area contributed by atoms with Crippen LogP contribution in [0.4, 0.5) is 0 Å². The van der Waals surface area contributed by atoms with E-state index in [0.29, 0.717) is 12.6 Å². The summed E-state index contributed by atoms with van der Waals surface area (Å²) in [5.41, 5.74) is 2.37. The number of aryl methyl sites for hydroxylation is 2. The van der Waals surface area contributed by atoms with Crippen molar-refractivity contribution in [3.8, 4) is 5.75 Å². The molecule has 2 N–H and O–H groups in total. The maximum Gasteiger partial charge on any atom is 0.191 e. The maximum atomic E-state index is 5.89. The fraction of sp³-hybridized carbons (Fsp3) is 0.588. The van der Waals surface area contributed by atoms with E-state index in [1.54, 1.807) is 0 Å². The zero-order valence-electron chi connectivity index (χ0n) is 13.8. The summed E-state index contributed by atoms with van der Waals surface area (Å²) < 4.78 is 5.89. The van der Waals surface area contributed by atoms with Crippen LogP contribution in [0.15, 0.2) is 23.2 Å². The van der Waals surface area contributed by atoms with Gasteiger partial charge in [0.05, 0.1) is 6.54 Å². The van der Waals surface area contributed by atoms with Crippen molar-refractivity contribution in [3.63, 3.8) is 0 Å². The van der Waals surface area contributed by atoms with Gasteiger partial charge in [0.15, 0.2) is 5.96 Å². The van der Waals surface area contributed by atoms with Gasteiger partial charge in [0.25, 0.3) is 0 Å². The fourth-order valence-electron chi connectivity index (χ4n) is 2.81. The molecule has 0 aliphatic heterocycles. The molecule has 0 spiro atoms. The predicted molar refractivity (Wildman–Crippen MR) is 104 cm³/mol. The molecular formula is C17H28IN3O. The normalized spacial score (nSPS) is 15.3. The molecule has 1 aromatic rings. The number of nitrogens with zero attached hydrogens (tertiary/aromatic N) is 1. The molecule has 0 heterocycles. The maximum absolute atomic E-state index is 5.89. The monoisotopic (exact) mass is 417 g/mol. The second kappa shape index (κ2) is 9.92. The third-order valence-corrected chi connectivity index (χ3v) is 3.97. The molecule has 1 fully saturated rings. The Bertz CT molecular complexity index is 465. The van der Waals surface area contributed by atoms with E-state index in [1.165, 1.54) is 36.8 Å². The summed E-state index contributed by atoms with van der Waals surface area (Å²) in [6.45, 7) is 5.55. The van der Waals surface area contributed by atoms with Crippen LogP contribution in [0.5, 0.6) is 5.75 Å². The smallest absolute Gasteiger partial charge is 0.191 e. The highest BCUT2D eigenvalue weighted by molar-refractivity contribution is 14.0. The van der Waals surface area contributed by atoms with Gasteiger partial charge in [-0.3, -0.25) is 4.99 Å². The summed E-state index contributed by atoms with van der Waals surface area (Å²) in [6.07, 6.45) is 5.15. The fourth-order valence-corrected chi connectivity index (χ4v) is 2.81. The quantitative estimate of drug-likeness (QED) is 0.334. The largest absolute Gasteiger partial charge is 0.491 e. The first kappa shape index (κ1) is 19.1. The lowest BCUT2D eigenvalue weighted by molar-refractivity contribution is 0.317. The van der Waals surface area contributed by atoms with Crippen LogP contribution in [0.3, 0.4) is 0 Å². The third kappa shape index (κ3) is 5.66. The van der Waals surface area contributed by atoms with Gasteiger partial charge in [-0.15, -0.1) is 24.0 Å². The lowest BCUT2D eigenvalue weighted by Gasteiger charge is -2.17. The Hall–Kier alpha value is -0.980. The van der Waals surface area contributed by atoms with E-state index in [4.69, 9.17) is 4.74 Å². The van der Waals surface area contributed by atoms with Crippen molar-refractivity contribution in [2.24, 2.45) is 4.99 Å². The first-order valence-corrected chi connectivity index (χ1v) is 7.87. The summed E-state index contributed by atoms with van der Waals surface area (Å²) in [5.74, 6) is 1.88. The van der Waals surface area contributed by atoms with Gasteiger partial charge in [0.2, 0.25) is 0 Å². The minimum Gasteiger partial charge on any atom is -0.491 e. The van der Waals surface area contributed by atoms with Gasteiger partial charge in [-0.05, 0) is 37.8 Å². The lowest BCUT2D eigenvalue weighted by Crippen LogP contribution is -2.43. The molecule has 124 valence electrons. The summed E-state index contributed by atoms with van der Waals surface area (Å²) >= 11 is 0. The Morgan fingerprint density at radius 3 is 2.45 bits per heavy atom. The number of guanidine groups is 1.